The van der Waals surface area contributed by atoms with Crippen LogP contribution in [-0.4, -0.2) is 37.5 Å². The Morgan fingerprint density at radius 1 is 1.12 bits per heavy atom. The van der Waals surface area contributed by atoms with Crippen molar-refractivity contribution in [2.45, 2.75) is 12.5 Å². The Morgan fingerprint density at radius 3 is 2.50 bits per heavy atom. The molecule has 0 radical (unpaired) electrons. The van der Waals surface area contributed by atoms with Gasteiger partial charge < -0.3 is 19.8 Å². The van der Waals surface area contributed by atoms with Gasteiger partial charge in [0.25, 0.3) is 11.8 Å². The normalized spacial score (nSPS) is 11.4. The first kappa shape index (κ1) is 17.3. The zero-order chi connectivity index (χ0) is 17.4. The van der Waals surface area contributed by atoms with Crippen molar-refractivity contribution in [1.29, 1.82) is 0 Å². The minimum absolute atomic E-state index is 0.0900. The van der Waals surface area contributed by atoms with E-state index in [2.05, 4.69) is 10.6 Å². The number of rotatable bonds is 7. The van der Waals surface area contributed by atoms with Crippen molar-refractivity contribution in [3.05, 3.63) is 60.1 Å². The zero-order valence-electron chi connectivity index (χ0n) is 13.2. The summed E-state index contributed by atoms with van der Waals surface area (Å²) in [6, 6.07) is 11.3. The molecule has 2 aromatic rings. The fourth-order valence-corrected chi connectivity index (χ4v) is 1.99. The zero-order valence-corrected chi connectivity index (χ0v) is 13.2. The number of amides is 2. The van der Waals surface area contributed by atoms with Gasteiger partial charge in [-0.05, 0) is 17.7 Å². The molecule has 126 valence electrons. The van der Waals surface area contributed by atoms with Gasteiger partial charge in [0, 0.05) is 13.5 Å². The second kappa shape index (κ2) is 8.52. The molecule has 1 aromatic heterocycles. The first-order chi connectivity index (χ1) is 11.6. The third-order valence-electron chi connectivity index (χ3n) is 3.24. The molecule has 24 heavy (non-hydrogen) atoms. The summed E-state index contributed by atoms with van der Waals surface area (Å²) in [5.41, 5.74) is 0.846. The van der Waals surface area contributed by atoms with Crippen LogP contribution in [0.1, 0.15) is 16.1 Å². The Labute approximate surface area is 139 Å². The van der Waals surface area contributed by atoms with Crippen molar-refractivity contribution in [2.75, 3.05) is 13.7 Å². The van der Waals surface area contributed by atoms with Gasteiger partial charge in [-0.2, -0.15) is 0 Å². The number of hydrogen-bond acceptors (Lipinski definition) is 5. The van der Waals surface area contributed by atoms with Gasteiger partial charge in [0.15, 0.2) is 12.4 Å². The van der Waals surface area contributed by atoms with Crippen LogP contribution in [-0.2, 0) is 20.7 Å². The molecule has 7 heteroatoms. The third kappa shape index (κ3) is 4.98. The maximum Gasteiger partial charge on any atom is 0.329 e. The van der Waals surface area contributed by atoms with Gasteiger partial charge in [-0.25, -0.2) is 4.79 Å². The van der Waals surface area contributed by atoms with Gasteiger partial charge in [0.1, 0.15) is 6.04 Å². The Kier molecular flexibility index (Phi) is 6.13. The lowest BCUT2D eigenvalue weighted by Crippen LogP contribution is -2.44. The van der Waals surface area contributed by atoms with Gasteiger partial charge in [0.05, 0.1) is 6.26 Å². The highest BCUT2D eigenvalue weighted by molar-refractivity contribution is 5.94. The lowest BCUT2D eigenvalue weighted by Gasteiger charge is -2.17. The lowest BCUT2D eigenvalue weighted by molar-refractivity contribution is -0.150. The summed E-state index contributed by atoms with van der Waals surface area (Å²) in [4.78, 5) is 35.6. The van der Waals surface area contributed by atoms with E-state index in [9.17, 15) is 14.4 Å². The van der Waals surface area contributed by atoms with Gasteiger partial charge in [-0.15, -0.1) is 0 Å². The van der Waals surface area contributed by atoms with Crippen molar-refractivity contribution in [3.63, 3.8) is 0 Å². The van der Waals surface area contributed by atoms with Gasteiger partial charge in [0.2, 0.25) is 0 Å². The van der Waals surface area contributed by atoms with Crippen LogP contribution in [0.2, 0.25) is 0 Å². The van der Waals surface area contributed by atoms with Crippen LogP contribution >= 0.6 is 0 Å². The first-order valence-corrected chi connectivity index (χ1v) is 7.35. The number of likely N-dealkylation sites (N-methyl/N-ethyl adjacent to an activating group) is 1. The van der Waals surface area contributed by atoms with Crippen molar-refractivity contribution < 1.29 is 23.5 Å². The molecular formula is C17H18N2O5. The standard InChI is InChI=1S/C17H18N2O5/c1-18-15(20)11-24-17(22)13(10-12-6-3-2-4-7-12)19-16(21)14-8-5-9-23-14/h2-9,13H,10-11H2,1H3,(H,18,20)(H,19,21)/t13-/m0/s1. The maximum absolute atomic E-state index is 12.2. The number of nitrogens with one attached hydrogen (secondary N) is 2. The smallest absolute Gasteiger partial charge is 0.329 e. The van der Waals surface area contributed by atoms with Crippen LogP contribution in [0.15, 0.2) is 53.1 Å². The lowest BCUT2D eigenvalue weighted by atomic mass is 10.1. The number of hydrogen-bond donors (Lipinski definition) is 2. The molecule has 0 saturated carbocycles. The molecular weight excluding hydrogens is 312 g/mol. The molecule has 0 bridgehead atoms. The highest BCUT2D eigenvalue weighted by Crippen LogP contribution is 2.07. The maximum atomic E-state index is 12.2. The average Bonchev–Trinajstić information content (AvgIpc) is 3.14. The molecule has 1 atom stereocenters. The minimum Gasteiger partial charge on any atom is -0.459 e. The third-order valence-corrected chi connectivity index (χ3v) is 3.24. The summed E-state index contributed by atoms with van der Waals surface area (Å²) in [6.07, 6.45) is 1.60. The Balaban J connectivity index is 2.06. The number of carbonyl (C=O) groups is 3. The molecule has 0 aliphatic rings. The van der Waals surface area contributed by atoms with Crippen molar-refractivity contribution in [1.82, 2.24) is 10.6 Å². The number of esters is 1. The van der Waals surface area contributed by atoms with Crippen LogP contribution in [0, 0.1) is 0 Å². The summed E-state index contributed by atoms with van der Waals surface area (Å²) < 4.78 is 9.96. The van der Waals surface area contributed by atoms with Crippen molar-refractivity contribution in [2.24, 2.45) is 0 Å². The molecule has 2 amide bonds. The second-order valence-corrected chi connectivity index (χ2v) is 4.97. The summed E-state index contributed by atoms with van der Waals surface area (Å²) >= 11 is 0. The molecule has 1 heterocycles. The Bertz CT molecular complexity index is 682. The number of furan rings is 1. The van der Waals surface area contributed by atoms with Crippen LogP contribution < -0.4 is 10.6 Å². The highest BCUT2D eigenvalue weighted by Gasteiger charge is 2.25. The van der Waals surface area contributed by atoms with Gasteiger partial charge in [-0.3, -0.25) is 9.59 Å². The summed E-state index contributed by atoms with van der Waals surface area (Å²) in [5, 5.41) is 4.92. The van der Waals surface area contributed by atoms with E-state index in [0.29, 0.717) is 0 Å². The molecule has 0 unspecified atom stereocenters. The molecule has 2 rings (SSSR count). The molecule has 0 fully saturated rings. The van der Waals surface area contributed by atoms with Crippen LogP contribution in [0.3, 0.4) is 0 Å². The predicted octanol–water partition coefficient (Wildman–Crippen LogP) is 0.910. The largest absolute Gasteiger partial charge is 0.459 e. The van der Waals surface area contributed by atoms with Gasteiger partial charge in [-0.1, -0.05) is 30.3 Å². The Morgan fingerprint density at radius 2 is 1.88 bits per heavy atom. The molecule has 0 saturated heterocycles. The van der Waals surface area contributed by atoms with E-state index in [1.165, 1.54) is 19.4 Å². The average molecular weight is 330 g/mol. The molecule has 7 nitrogen and oxygen atoms in total. The molecule has 0 aliphatic carbocycles. The summed E-state index contributed by atoms with van der Waals surface area (Å²) in [5.74, 6) is -1.56. The van der Waals surface area contributed by atoms with E-state index in [1.807, 2.05) is 30.3 Å². The second-order valence-electron chi connectivity index (χ2n) is 4.97. The molecule has 2 N–H and O–H groups in total. The van der Waals surface area contributed by atoms with Crippen LogP contribution in [0.4, 0.5) is 0 Å². The van der Waals surface area contributed by atoms with E-state index in [1.54, 1.807) is 6.07 Å². The Hall–Kier alpha value is -3.09. The van der Waals surface area contributed by atoms with E-state index < -0.39 is 30.4 Å². The van der Waals surface area contributed by atoms with Gasteiger partial charge >= 0.3 is 5.97 Å². The quantitative estimate of drug-likeness (QED) is 0.736. The van der Waals surface area contributed by atoms with E-state index in [4.69, 9.17) is 9.15 Å². The SMILES string of the molecule is CNC(=O)COC(=O)[C@H](Cc1ccccc1)NC(=O)c1ccco1. The number of ether oxygens (including phenoxy) is 1. The van der Waals surface area contributed by atoms with Crippen molar-refractivity contribution in [3.8, 4) is 0 Å². The monoisotopic (exact) mass is 330 g/mol. The highest BCUT2D eigenvalue weighted by atomic mass is 16.5. The van der Waals surface area contributed by atoms with Crippen LogP contribution in [0.25, 0.3) is 0 Å². The predicted molar refractivity (Wildman–Crippen MR) is 85.1 cm³/mol. The molecule has 0 aliphatic heterocycles. The molecule has 0 spiro atoms. The van der Waals surface area contributed by atoms with Crippen LogP contribution in [0.5, 0.6) is 0 Å². The van der Waals surface area contributed by atoms with Crippen molar-refractivity contribution >= 4 is 17.8 Å². The fraction of sp³-hybridized carbons (Fsp3) is 0.235. The van der Waals surface area contributed by atoms with E-state index in [0.717, 1.165) is 5.56 Å². The van der Waals surface area contributed by atoms with E-state index >= 15 is 0 Å². The number of benzene rings is 1. The minimum atomic E-state index is -0.936. The topological polar surface area (TPSA) is 97.6 Å². The molecule has 1 aromatic carbocycles. The first-order valence-electron chi connectivity index (χ1n) is 7.35. The number of carbonyl (C=O) groups excluding carboxylic acids is 3. The van der Waals surface area contributed by atoms with E-state index in [-0.39, 0.29) is 12.2 Å². The summed E-state index contributed by atoms with van der Waals surface area (Å²) in [6.45, 7) is -0.406. The fourth-order valence-electron chi connectivity index (χ4n) is 1.99. The summed E-state index contributed by atoms with van der Waals surface area (Å²) in [7, 11) is 1.44.